The van der Waals surface area contributed by atoms with Crippen LogP contribution in [0.25, 0.3) is 0 Å². The quantitative estimate of drug-likeness (QED) is 0.415. The van der Waals surface area contributed by atoms with Gasteiger partial charge in [0.05, 0.1) is 41.0 Å². The molecule has 0 aromatic heterocycles. The number of carbonyl (C=O) groups excluding carboxylic acids is 3. The van der Waals surface area contributed by atoms with E-state index in [4.69, 9.17) is 16.3 Å². The van der Waals surface area contributed by atoms with Crippen LogP contribution in [0.2, 0.25) is 5.02 Å². The second-order valence-corrected chi connectivity index (χ2v) is 10.4. The monoisotopic (exact) mass is 558 g/mol. The second-order valence-electron chi connectivity index (χ2n) is 8.17. The third-order valence-corrected chi connectivity index (χ3v) is 7.86. The smallest absolute Gasteiger partial charge is 0.337 e. The van der Waals surface area contributed by atoms with E-state index in [9.17, 15) is 22.8 Å². The van der Waals surface area contributed by atoms with Crippen molar-refractivity contribution in [3.05, 3.63) is 82.4 Å². The predicted molar refractivity (Wildman–Crippen MR) is 139 cm³/mol. The lowest BCUT2D eigenvalue weighted by molar-refractivity contribution is -0.118. The summed E-state index contributed by atoms with van der Waals surface area (Å²) in [6.07, 6.45) is 0.614. The number of esters is 2. The van der Waals surface area contributed by atoms with Crippen molar-refractivity contribution in [2.24, 2.45) is 0 Å². The van der Waals surface area contributed by atoms with Crippen LogP contribution in [-0.2, 0) is 30.7 Å². The number of fused-ring (bicyclic) bond motifs is 1. The number of methoxy groups -OCH3 is 2. The summed E-state index contributed by atoms with van der Waals surface area (Å²) >= 11 is 6.29. The molecule has 0 aliphatic carbocycles. The molecule has 1 aliphatic rings. The van der Waals surface area contributed by atoms with Crippen LogP contribution < -0.4 is 14.4 Å². The zero-order valence-corrected chi connectivity index (χ0v) is 22.0. The Kier molecular flexibility index (Phi) is 7.88. The molecule has 1 heterocycles. The van der Waals surface area contributed by atoms with Gasteiger partial charge >= 0.3 is 11.9 Å². The third-order valence-electron chi connectivity index (χ3n) is 5.75. The summed E-state index contributed by atoms with van der Waals surface area (Å²) in [6.45, 7) is -0.159. The maximum absolute atomic E-state index is 13.2. The van der Waals surface area contributed by atoms with E-state index in [-0.39, 0.29) is 32.5 Å². The molecule has 1 amide bonds. The molecular weight excluding hydrogens is 536 g/mol. The van der Waals surface area contributed by atoms with E-state index < -0.39 is 34.5 Å². The minimum Gasteiger partial charge on any atom is -0.482 e. The number of hydrogen-bond acceptors (Lipinski definition) is 8. The fraction of sp³-hybridized carbons (Fsp3) is 0.192. The molecule has 198 valence electrons. The number of anilines is 2. The standard InChI is InChI=1S/C26H23ClN2O8S/c1-35-25(31)17-11-18(26(32)36-2)13-19(12-17)28-24(30)15-37-23-8-7-20(14-21(23)27)38(33,34)29-10-9-16-5-3-4-6-22(16)29/h3-8,11-14H,9-10,15H2,1-2H3,(H,28,30). The number of sulfonamides is 1. The molecule has 1 aliphatic heterocycles. The van der Waals surface area contributed by atoms with Gasteiger partial charge in [0, 0.05) is 12.2 Å². The number of ether oxygens (including phenoxy) is 3. The molecule has 4 rings (SSSR count). The Morgan fingerprint density at radius 1 is 0.947 bits per heavy atom. The fourth-order valence-electron chi connectivity index (χ4n) is 3.96. The lowest BCUT2D eigenvalue weighted by Crippen LogP contribution is -2.29. The van der Waals surface area contributed by atoms with Gasteiger partial charge in [-0.05, 0) is 54.4 Å². The normalized spacial score (nSPS) is 12.4. The largest absolute Gasteiger partial charge is 0.482 e. The minimum absolute atomic E-state index is 0.00650. The summed E-state index contributed by atoms with van der Waals surface area (Å²) < 4.78 is 42.6. The van der Waals surface area contributed by atoms with Gasteiger partial charge < -0.3 is 19.5 Å². The van der Waals surface area contributed by atoms with E-state index in [1.54, 1.807) is 12.1 Å². The predicted octanol–water partition coefficient (Wildman–Crippen LogP) is 3.68. The number of carbonyl (C=O) groups is 3. The van der Waals surface area contributed by atoms with Gasteiger partial charge in [0.25, 0.3) is 15.9 Å². The highest BCUT2D eigenvalue weighted by atomic mass is 35.5. The summed E-state index contributed by atoms with van der Waals surface area (Å²) in [5, 5.41) is 2.53. The van der Waals surface area contributed by atoms with E-state index in [1.165, 1.54) is 54.9 Å². The van der Waals surface area contributed by atoms with E-state index >= 15 is 0 Å². The van der Waals surface area contributed by atoms with Gasteiger partial charge in [0.15, 0.2) is 6.61 Å². The number of hydrogen-bond donors (Lipinski definition) is 1. The third kappa shape index (κ3) is 5.58. The van der Waals surface area contributed by atoms with Crippen LogP contribution in [0.1, 0.15) is 26.3 Å². The van der Waals surface area contributed by atoms with Crippen molar-refractivity contribution in [3.63, 3.8) is 0 Å². The van der Waals surface area contributed by atoms with Gasteiger partial charge in [-0.1, -0.05) is 29.8 Å². The molecule has 0 bridgehead atoms. The molecule has 10 nitrogen and oxygen atoms in total. The highest BCUT2D eigenvalue weighted by Gasteiger charge is 2.31. The number of benzene rings is 3. The molecular formula is C26H23ClN2O8S. The van der Waals surface area contributed by atoms with Crippen molar-refractivity contribution in [1.82, 2.24) is 0 Å². The van der Waals surface area contributed by atoms with E-state index in [0.29, 0.717) is 18.7 Å². The molecule has 0 saturated heterocycles. The Bertz CT molecular complexity index is 1490. The first kappa shape index (κ1) is 27.0. The lowest BCUT2D eigenvalue weighted by Gasteiger charge is -2.20. The van der Waals surface area contributed by atoms with Gasteiger partial charge in [0.1, 0.15) is 5.75 Å². The molecule has 0 saturated carbocycles. The fourth-order valence-corrected chi connectivity index (χ4v) is 5.79. The van der Waals surface area contributed by atoms with Crippen molar-refractivity contribution < 1.29 is 37.0 Å². The van der Waals surface area contributed by atoms with Gasteiger partial charge in [-0.2, -0.15) is 0 Å². The van der Waals surface area contributed by atoms with Crippen LogP contribution in [0.4, 0.5) is 11.4 Å². The number of para-hydroxylation sites is 1. The van der Waals surface area contributed by atoms with Crippen molar-refractivity contribution in [1.29, 1.82) is 0 Å². The molecule has 0 fully saturated rings. The average molecular weight is 559 g/mol. The Labute approximate surface area is 224 Å². The van der Waals surface area contributed by atoms with Gasteiger partial charge in [-0.15, -0.1) is 0 Å². The molecule has 0 spiro atoms. The van der Waals surface area contributed by atoms with Gasteiger partial charge in [-0.3, -0.25) is 9.10 Å². The van der Waals surface area contributed by atoms with Crippen LogP contribution >= 0.6 is 11.6 Å². The summed E-state index contributed by atoms with van der Waals surface area (Å²) in [6, 6.07) is 15.2. The van der Waals surface area contributed by atoms with Gasteiger partial charge in [-0.25, -0.2) is 18.0 Å². The number of rotatable bonds is 8. The molecule has 1 N–H and O–H groups in total. The van der Waals surface area contributed by atoms with Crippen molar-refractivity contribution in [2.45, 2.75) is 11.3 Å². The van der Waals surface area contributed by atoms with E-state index in [0.717, 1.165) is 5.56 Å². The number of halogens is 1. The summed E-state index contributed by atoms with van der Waals surface area (Å²) in [7, 11) is -1.48. The minimum atomic E-state index is -3.85. The molecule has 0 radical (unpaired) electrons. The molecule has 38 heavy (non-hydrogen) atoms. The first-order valence-corrected chi connectivity index (χ1v) is 13.1. The Morgan fingerprint density at radius 2 is 1.61 bits per heavy atom. The van der Waals surface area contributed by atoms with Crippen LogP contribution in [-0.4, -0.2) is 53.6 Å². The number of nitrogens with one attached hydrogen (secondary N) is 1. The van der Waals surface area contributed by atoms with Crippen molar-refractivity contribution in [2.75, 3.05) is 37.0 Å². The summed E-state index contributed by atoms with van der Waals surface area (Å²) in [5.74, 6) is -1.94. The molecule has 0 atom stereocenters. The zero-order chi connectivity index (χ0) is 27.4. The SMILES string of the molecule is COC(=O)c1cc(NC(=O)COc2ccc(S(=O)(=O)N3CCc4ccccc43)cc2Cl)cc(C(=O)OC)c1. The van der Waals surface area contributed by atoms with E-state index in [1.807, 2.05) is 12.1 Å². The Morgan fingerprint density at radius 3 is 2.24 bits per heavy atom. The first-order valence-electron chi connectivity index (χ1n) is 11.3. The maximum Gasteiger partial charge on any atom is 0.337 e. The molecule has 3 aromatic carbocycles. The molecule has 0 unspecified atom stereocenters. The molecule has 12 heteroatoms. The van der Waals surface area contributed by atoms with Gasteiger partial charge in [0.2, 0.25) is 0 Å². The first-order chi connectivity index (χ1) is 18.1. The second kappa shape index (κ2) is 11.1. The zero-order valence-electron chi connectivity index (χ0n) is 20.4. The van der Waals surface area contributed by atoms with Crippen LogP contribution in [0, 0.1) is 0 Å². The van der Waals surface area contributed by atoms with Crippen LogP contribution in [0.3, 0.4) is 0 Å². The Balaban J connectivity index is 1.45. The van der Waals surface area contributed by atoms with Crippen LogP contribution in [0.5, 0.6) is 5.75 Å². The highest BCUT2D eigenvalue weighted by Crippen LogP contribution is 2.35. The van der Waals surface area contributed by atoms with Crippen molar-refractivity contribution >= 4 is 50.8 Å². The highest BCUT2D eigenvalue weighted by molar-refractivity contribution is 7.92. The van der Waals surface area contributed by atoms with E-state index in [2.05, 4.69) is 14.8 Å². The lowest BCUT2D eigenvalue weighted by atomic mass is 10.1. The summed E-state index contributed by atoms with van der Waals surface area (Å²) in [5.41, 5.74) is 1.79. The Hall–Kier alpha value is -4.09. The summed E-state index contributed by atoms with van der Waals surface area (Å²) in [4.78, 5) is 36.4. The number of amides is 1. The van der Waals surface area contributed by atoms with Crippen molar-refractivity contribution in [3.8, 4) is 5.75 Å². The van der Waals surface area contributed by atoms with Crippen LogP contribution in [0.15, 0.2) is 65.6 Å². The number of nitrogens with zero attached hydrogens (tertiary/aromatic N) is 1. The average Bonchev–Trinajstić information content (AvgIpc) is 3.36. The topological polar surface area (TPSA) is 128 Å². The maximum atomic E-state index is 13.2. The molecule has 3 aromatic rings.